The summed E-state index contributed by atoms with van der Waals surface area (Å²) in [6, 6.07) is 28.1. The van der Waals surface area contributed by atoms with Crippen molar-refractivity contribution in [3.05, 3.63) is 131 Å². The zero-order chi connectivity index (χ0) is 26.9. The summed E-state index contributed by atoms with van der Waals surface area (Å²) in [7, 11) is 0. The number of hydrogen-bond donors (Lipinski definition) is 1. The Morgan fingerprint density at radius 1 is 0.949 bits per heavy atom. The number of furan rings is 1. The van der Waals surface area contributed by atoms with E-state index < -0.39 is 0 Å². The Morgan fingerprint density at radius 3 is 2.46 bits per heavy atom. The lowest BCUT2D eigenvalue weighted by molar-refractivity contribution is 0.479. The van der Waals surface area contributed by atoms with Crippen LogP contribution in [0.5, 0.6) is 11.5 Å². The molecule has 5 aromatic rings. The molecule has 3 aromatic heterocycles. The number of benzene rings is 2. The van der Waals surface area contributed by atoms with Gasteiger partial charge in [-0.25, -0.2) is 0 Å². The molecule has 0 unspecified atom stereocenters. The molecule has 2 atom stereocenters. The minimum absolute atomic E-state index is 0.0907. The van der Waals surface area contributed by atoms with Crippen molar-refractivity contribution in [3.63, 3.8) is 0 Å². The Kier molecular flexibility index (Phi) is 6.67. The van der Waals surface area contributed by atoms with Crippen LogP contribution in [0.15, 0.2) is 102 Å². The fraction of sp³-hybridized carbons (Fsp3) is 0.188. The molecule has 0 bridgehead atoms. The third-order valence-corrected chi connectivity index (χ3v) is 7.67. The maximum atomic E-state index is 6.15. The van der Waals surface area contributed by atoms with Gasteiger partial charge in [0.15, 0.2) is 5.11 Å². The summed E-state index contributed by atoms with van der Waals surface area (Å²) in [5.74, 6) is 2.55. The topological polar surface area (TPSA) is 55.5 Å². The van der Waals surface area contributed by atoms with Crippen LogP contribution in [0.3, 0.4) is 0 Å². The average molecular weight is 535 g/mol. The van der Waals surface area contributed by atoms with Gasteiger partial charge in [0.1, 0.15) is 17.3 Å². The van der Waals surface area contributed by atoms with E-state index in [0.29, 0.717) is 11.7 Å². The number of nitrogens with one attached hydrogen (secondary N) is 1. The minimum atomic E-state index is -0.112. The summed E-state index contributed by atoms with van der Waals surface area (Å²) in [4.78, 5) is 6.90. The lowest BCUT2D eigenvalue weighted by Gasteiger charge is -2.28. The highest BCUT2D eigenvalue weighted by atomic mass is 32.1. The molecule has 7 heteroatoms. The molecule has 1 aliphatic heterocycles. The van der Waals surface area contributed by atoms with Crippen molar-refractivity contribution in [3.8, 4) is 11.5 Å². The number of aryl methyl sites for hydroxylation is 2. The van der Waals surface area contributed by atoms with Gasteiger partial charge in [-0.05, 0) is 105 Å². The van der Waals surface area contributed by atoms with Crippen molar-refractivity contribution in [2.24, 2.45) is 0 Å². The number of thiocarbonyl (C=S) groups is 1. The molecule has 2 aromatic carbocycles. The van der Waals surface area contributed by atoms with Gasteiger partial charge in [-0.15, -0.1) is 0 Å². The molecule has 0 spiro atoms. The highest BCUT2D eigenvalue weighted by Gasteiger charge is 2.42. The third-order valence-electron chi connectivity index (χ3n) is 7.36. The predicted molar refractivity (Wildman–Crippen MR) is 157 cm³/mol. The normalized spacial score (nSPS) is 16.9. The molecule has 1 N–H and O–H groups in total. The van der Waals surface area contributed by atoms with E-state index in [0.717, 1.165) is 34.2 Å². The van der Waals surface area contributed by atoms with E-state index in [4.69, 9.17) is 26.4 Å². The van der Waals surface area contributed by atoms with Gasteiger partial charge in [0.05, 0.1) is 30.6 Å². The minimum Gasteiger partial charge on any atom is -0.467 e. The molecule has 1 saturated heterocycles. The fourth-order valence-corrected chi connectivity index (χ4v) is 5.70. The van der Waals surface area contributed by atoms with Crippen molar-refractivity contribution in [2.45, 2.75) is 39.4 Å². The van der Waals surface area contributed by atoms with Crippen molar-refractivity contribution in [1.82, 2.24) is 14.9 Å². The Balaban J connectivity index is 1.38. The summed E-state index contributed by atoms with van der Waals surface area (Å²) in [5.41, 5.74) is 6.56. The molecular weight excluding hydrogens is 504 g/mol. The van der Waals surface area contributed by atoms with Crippen LogP contribution in [-0.2, 0) is 6.54 Å². The van der Waals surface area contributed by atoms with E-state index in [2.05, 4.69) is 52.9 Å². The summed E-state index contributed by atoms with van der Waals surface area (Å²) >= 11 is 5.94. The molecule has 0 aliphatic carbocycles. The van der Waals surface area contributed by atoms with Gasteiger partial charge in [0.2, 0.25) is 0 Å². The van der Waals surface area contributed by atoms with Crippen LogP contribution >= 0.6 is 12.2 Å². The summed E-state index contributed by atoms with van der Waals surface area (Å²) in [6.07, 6.45) is 3.55. The first kappa shape index (κ1) is 24.9. The molecule has 6 nitrogen and oxygen atoms in total. The summed E-state index contributed by atoms with van der Waals surface area (Å²) in [5, 5.41) is 4.23. The Hall–Kier alpha value is -4.36. The fourth-order valence-electron chi connectivity index (χ4n) is 5.35. The first-order valence-electron chi connectivity index (χ1n) is 13.0. The second-order valence-corrected chi connectivity index (χ2v) is 10.2. The first-order chi connectivity index (χ1) is 19.0. The summed E-state index contributed by atoms with van der Waals surface area (Å²) in [6.45, 7) is 7.02. The smallest absolute Gasteiger partial charge is 0.174 e. The standard InChI is InChI=1S/C32H30N4O2S/c1-21-9-4-5-12-29(21)38-25-15-13-24(14-16-25)36-31(30(34-32(36)39)28-11-6-7-17-33-28)27-19-22(2)35(23(27)3)20-26-10-8-18-37-26/h4-19,30-31H,20H2,1-3H3,(H,34,39)/t30-,31-/m1/s1. The SMILES string of the molecule is Cc1ccccc1Oc1ccc(N2C(=S)N[C@H](c3ccccn3)[C@H]2c2cc(C)n(Cc3ccco3)c2C)cc1. The molecule has 0 amide bonds. The zero-order valence-corrected chi connectivity index (χ0v) is 23.0. The number of anilines is 1. The van der Waals surface area contributed by atoms with Crippen LogP contribution in [0.2, 0.25) is 0 Å². The highest BCUT2D eigenvalue weighted by Crippen LogP contribution is 2.43. The molecule has 6 rings (SSSR count). The van der Waals surface area contributed by atoms with E-state index in [1.165, 1.54) is 17.0 Å². The van der Waals surface area contributed by atoms with E-state index in [1.807, 2.05) is 73.8 Å². The maximum absolute atomic E-state index is 6.15. The van der Waals surface area contributed by atoms with Crippen molar-refractivity contribution in [2.75, 3.05) is 4.90 Å². The lowest BCUT2D eigenvalue weighted by atomic mass is 9.96. The predicted octanol–water partition coefficient (Wildman–Crippen LogP) is 7.42. The molecule has 39 heavy (non-hydrogen) atoms. The monoisotopic (exact) mass is 534 g/mol. The van der Waals surface area contributed by atoms with E-state index in [9.17, 15) is 0 Å². The van der Waals surface area contributed by atoms with E-state index in [-0.39, 0.29) is 12.1 Å². The van der Waals surface area contributed by atoms with Crippen LogP contribution in [0.25, 0.3) is 0 Å². The van der Waals surface area contributed by atoms with Crippen LogP contribution in [0, 0.1) is 20.8 Å². The van der Waals surface area contributed by atoms with Crippen molar-refractivity contribution >= 4 is 23.0 Å². The maximum Gasteiger partial charge on any atom is 0.174 e. The molecular formula is C32H30N4O2S. The number of nitrogens with zero attached hydrogens (tertiary/aromatic N) is 3. The van der Waals surface area contributed by atoms with Gasteiger partial charge in [0.25, 0.3) is 0 Å². The second kappa shape index (κ2) is 10.4. The zero-order valence-electron chi connectivity index (χ0n) is 22.2. The number of para-hydroxylation sites is 1. The Labute approximate surface area is 233 Å². The van der Waals surface area contributed by atoms with Gasteiger partial charge in [-0.3, -0.25) is 4.98 Å². The van der Waals surface area contributed by atoms with Crippen LogP contribution in [-0.4, -0.2) is 14.7 Å². The highest BCUT2D eigenvalue weighted by molar-refractivity contribution is 7.80. The number of hydrogen-bond acceptors (Lipinski definition) is 4. The van der Waals surface area contributed by atoms with Gasteiger partial charge in [-0.1, -0.05) is 24.3 Å². The number of pyridine rings is 1. The molecule has 1 fully saturated rings. The molecule has 0 saturated carbocycles. The van der Waals surface area contributed by atoms with Crippen molar-refractivity contribution in [1.29, 1.82) is 0 Å². The number of aromatic nitrogens is 2. The molecule has 196 valence electrons. The van der Waals surface area contributed by atoms with Gasteiger partial charge < -0.3 is 23.9 Å². The van der Waals surface area contributed by atoms with Crippen LogP contribution in [0.4, 0.5) is 5.69 Å². The Morgan fingerprint density at radius 2 is 1.74 bits per heavy atom. The quantitative estimate of drug-likeness (QED) is 0.219. The van der Waals surface area contributed by atoms with E-state index in [1.54, 1.807) is 6.26 Å². The lowest BCUT2D eigenvalue weighted by Crippen LogP contribution is -2.29. The first-order valence-corrected chi connectivity index (χ1v) is 13.4. The molecule has 0 radical (unpaired) electrons. The van der Waals surface area contributed by atoms with Crippen LogP contribution in [0.1, 0.15) is 46.1 Å². The Bertz CT molecular complexity index is 1590. The van der Waals surface area contributed by atoms with Crippen molar-refractivity contribution < 1.29 is 9.15 Å². The number of rotatable bonds is 7. The van der Waals surface area contributed by atoms with Gasteiger partial charge >= 0.3 is 0 Å². The average Bonchev–Trinajstić information content (AvgIpc) is 3.66. The van der Waals surface area contributed by atoms with Crippen LogP contribution < -0.4 is 15.0 Å². The number of ether oxygens (including phenoxy) is 1. The third kappa shape index (κ3) is 4.81. The molecule has 1 aliphatic rings. The summed E-state index contributed by atoms with van der Waals surface area (Å²) < 4.78 is 14.1. The largest absolute Gasteiger partial charge is 0.467 e. The van der Waals surface area contributed by atoms with E-state index >= 15 is 0 Å². The second-order valence-electron chi connectivity index (χ2n) is 9.85. The molecule has 4 heterocycles. The van der Waals surface area contributed by atoms with Gasteiger partial charge in [-0.2, -0.15) is 0 Å². The van der Waals surface area contributed by atoms with Gasteiger partial charge in [0, 0.05) is 23.3 Å².